The van der Waals surface area contributed by atoms with Crippen LogP contribution in [0.15, 0.2) is 71.6 Å². The fourth-order valence-corrected chi connectivity index (χ4v) is 4.73. The molecule has 0 atom stereocenters. The monoisotopic (exact) mass is 489 g/mol. The molecule has 1 aliphatic rings. The van der Waals surface area contributed by atoms with Gasteiger partial charge in [0.05, 0.1) is 39.0 Å². The van der Waals surface area contributed by atoms with E-state index in [0.29, 0.717) is 5.56 Å². The summed E-state index contributed by atoms with van der Waals surface area (Å²) < 4.78 is 28.5. The Morgan fingerprint density at radius 1 is 0.886 bits per heavy atom. The lowest BCUT2D eigenvalue weighted by Crippen LogP contribution is -2.29. The minimum atomic E-state index is -4.01. The third-order valence-corrected chi connectivity index (χ3v) is 6.80. The van der Waals surface area contributed by atoms with Gasteiger partial charge in [-0.25, -0.2) is 13.3 Å². The van der Waals surface area contributed by atoms with E-state index in [1.54, 1.807) is 30.3 Å². The van der Waals surface area contributed by atoms with Crippen molar-refractivity contribution in [3.05, 3.63) is 89.0 Å². The van der Waals surface area contributed by atoms with E-state index in [-0.39, 0.29) is 32.8 Å². The van der Waals surface area contributed by atoms with Gasteiger partial charge in [0.25, 0.3) is 21.8 Å². The van der Waals surface area contributed by atoms with Gasteiger partial charge in [-0.1, -0.05) is 58.9 Å². The molecule has 7 nitrogen and oxygen atoms in total. The molecule has 0 saturated heterocycles. The van der Waals surface area contributed by atoms with E-state index in [9.17, 15) is 18.0 Å². The normalized spacial score (nSPS) is 13.0. The second-order valence-corrected chi connectivity index (χ2v) is 10.4. The van der Waals surface area contributed by atoms with E-state index >= 15 is 0 Å². The van der Waals surface area contributed by atoms with Gasteiger partial charge in [-0.15, -0.1) is 0 Å². The van der Waals surface area contributed by atoms with Crippen LogP contribution in [-0.2, 0) is 15.4 Å². The van der Waals surface area contributed by atoms with Crippen LogP contribution in [0.2, 0.25) is 0 Å². The Labute approximate surface area is 206 Å². The number of nitrogens with zero attached hydrogens (tertiary/aromatic N) is 2. The van der Waals surface area contributed by atoms with Crippen molar-refractivity contribution >= 4 is 33.2 Å². The van der Waals surface area contributed by atoms with Crippen LogP contribution >= 0.6 is 0 Å². The molecule has 1 heterocycles. The van der Waals surface area contributed by atoms with Crippen molar-refractivity contribution in [1.82, 2.24) is 0 Å². The number of carbonyl (C=O) groups excluding carboxylic acids is 2. The Morgan fingerprint density at radius 3 is 2.11 bits per heavy atom. The van der Waals surface area contributed by atoms with E-state index in [0.717, 1.165) is 10.5 Å². The average Bonchev–Trinajstić information content (AvgIpc) is 3.10. The first-order valence-electron chi connectivity index (χ1n) is 11.2. The topological polar surface area (TPSA) is 107 Å². The molecule has 35 heavy (non-hydrogen) atoms. The summed E-state index contributed by atoms with van der Waals surface area (Å²) in [5.74, 6) is -1.24. The SMILES string of the molecule is CC.CC(C)(C)c1ccc(S(=O)(=O)Nc2cccc3c2C(=O)N(c2cccc(C#N)c2)C3=O)cc1. The van der Waals surface area contributed by atoms with Crippen molar-refractivity contribution in [3.63, 3.8) is 0 Å². The van der Waals surface area contributed by atoms with Gasteiger partial charge in [0.1, 0.15) is 0 Å². The van der Waals surface area contributed by atoms with Gasteiger partial charge in [-0.05, 0) is 53.4 Å². The van der Waals surface area contributed by atoms with E-state index < -0.39 is 21.8 Å². The molecule has 0 bridgehead atoms. The average molecular weight is 490 g/mol. The molecule has 0 spiro atoms. The van der Waals surface area contributed by atoms with E-state index in [2.05, 4.69) is 4.72 Å². The molecule has 0 aliphatic carbocycles. The molecule has 0 unspecified atom stereocenters. The number of hydrogen-bond donors (Lipinski definition) is 1. The standard InChI is InChI=1S/C25H21N3O4S.C2H6/c1-25(2,3)17-10-12-19(13-11-17)33(31,32)27-21-9-5-8-20-22(21)24(30)28(23(20)29)18-7-4-6-16(14-18)15-26;1-2/h4-14,27H,1-3H3;1-2H3. The highest BCUT2D eigenvalue weighted by molar-refractivity contribution is 7.92. The van der Waals surface area contributed by atoms with Crippen LogP contribution in [-0.4, -0.2) is 20.2 Å². The highest BCUT2D eigenvalue weighted by atomic mass is 32.2. The molecule has 4 rings (SSSR count). The summed E-state index contributed by atoms with van der Waals surface area (Å²) in [5.41, 5.74) is 1.47. The maximum Gasteiger partial charge on any atom is 0.268 e. The van der Waals surface area contributed by atoms with Crippen molar-refractivity contribution in [2.45, 2.75) is 44.9 Å². The maximum absolute atomic E-state index is 13.2. The molecule has 1 aliphatic heterocycles. The van der Waals surface area contributed by atoms with Gasteiger partial charge >= 0.3 is 0 Å². The number of carbonyl (C=O) groups is 2. The Bertz CT molecular complexity index is 1430. The first kappa shape index (κ1) is 25.7. The highest BCUT2D eigenvalue weighted by Gasteiger charge is 2.39. The first-order valence-corrected chi connectivity index (χ1v) is 12.7. The molecule has 0 radical (unpaired) electrons. The van der Waals surface area contributed by atoms with Crippen molar-refractivity contribution in [1.29, 1.82) is 5.26 Å². The quantitative estimate of drug-likeness (QED) is 0.488. The Kier molecular flexibility index (Phi) is 7.13. The van der Waals surface area contributed by atoms with E-state index in [1.165, 1.54) is 36.4 Å². The second-order valence-electron chi connectivity index (χ2n) is 8.72. The Hall–Kier alpha value is -3.96. The van der Waals surface area contributed by atoms with E-state index in [4.69, 9.17) is 5.26 Å². The number of sulfonamides is 1. The minimum Gasteiger partial charge on any atom is -0.279 e. The second kappa shape index (κ2) is 9.72. The van der Waals surface area contributed by atoms with Crippen molar-refractivity contribution in [2.24, 2.45) is 0 Å². The molecule has 3 aromatic rings. The van der Waals surface area contributed by atoms with Crippen LogP contribution in [0.25, 0.3) is 0 Å². The van der Waals surface area contributed by atoms with Crippen LogP contribution in [0.4, 0.5) is 11.4 Å². The fraction of sp³-hybridized carbons (Fsp3) is 0.222. The number of imide groups is 1. The van der Waals surface area contributed by atoms with Gasteiger partial charge in [-0.3, -0.25) is 14.3 Å². The number of anilines is 2. The Balaban J connectivity index is 0.00000167. The number of hydrogen-bond acceptors (Lipinski definition) is 5. The molecule has 8 heteroatoms. The minimum absolute atomic E-state index is 0.0182. The van der Waals surface area contributed by atoms with E-state index in [1.807, 2.05) is 40.7 Å². The largest absolute Gasteiger partial charge is 0.279 e. The summed E-state index contributed by atoms with van der Waals surface area (Å²) >= 11 is 0. The molecule has 3 aromatic carbocycles. The third-order valence-electron chi connectivity index (χ3n) is 5.42. The van der Waals surface area contributed by atoms with Crippen LogP contribution in [0.1, 0.15) is 66.5 Å². The summed E-state index contributed by atoms with van der Waals surface area (Å²) in [4.78, 5) is 27.2. The van der Waals surface area contributed by atoms with Gasteiger partial charge in [0.2, 0.25) is 0 Å². The third kappa shape index (κ3) is 4.96. The molecule has 1 N–H and O–H groups in total. The molecule has 0 fully saturated rings. The zero-order chi connectivity index (χ0) is 26.0. The highest BCUT2D eigenvalue weighted by Crippen LogP contribution is 2.34. The molecule has 180 valence electrons. The molecular formula is C27H27N3O4S. The maximum atomic E-state index is 13.2. The number of benzene rings is 3. The van der Waals surface area contributed by atoms with Crippen LogP contribution in [0.5, 0.6) is 0 Å². The predicted octanol–water partition coefficient (Wildman–Crippen LogP) is 5.48. The lowest BCUT2D eigenvalue weighted by Gasteiger charge is -2.19. The zero-order valence-electron chi connectivity index (χ0n) is 20.3. The van der Waals surface area contributed by atoms with Crippen LogP contribution in [0.3, 0.4) is 0 Å². The molecular weight excluding hydrogens is 462 g/mol. The number of nitrogens with one attached hydrogen (secondary N) is 1. The molecule has 2 amide bonds. The van der Waals surface area contributed by atoms with Crippen molar-refractivity contribution in [2.75, 3.05) is 9.62 Å². The number of fused-ring (bicyclic) bond motifs is 1. The zero-order valence-corrected chi connectivity index (χ0v) is 21.1. The lowest BCUT2D eigenvalue weighted by atomic mass is 9.87. The number of amides is 2. The summed E-state index contributed by atoms with van der Waals surface area (Å²) in [7, 11) is -4.01. The molecule has 0 saturated carbocycles. The Morgan fingerprint density at radius 2 is 1.51 bits per heavy atom. The first-order chi connectivity index (χ1) is 16.5. The summed E-state index contributed by atoms with van der Waals surface area (Å²) in [6.07, 6.45) is 0. The predicted molar refractivity (Wildman–Crippen MR) is 136 cm³/mol. The smallest absolute Gasteiger partial charge is 0.268 e. The van der Waals surface area contributed by atoms with Crippen molar-refractivity contribution < 1.29 is 18.0 Å². The fourth-order valence-electron chi connectivity index (χ4n) is 3.66. The van der Waals surface area contributed by atoms with Gasteiger partial charge in [-0.2, -0.15) is 5.26 Å². The molecule has 0 aromatic heterocycles. The lowest BCUT2D eigenvalue weighted by molar-refractivity contribution is 0.0926. The van der Waals surface area contributed by atoms with Crippen molar-refractivity contribution in [3.8, 4) is 6.07 Å². The summed E-state index contributed by atoms with van der Waals surface area (Å²) in [5, 5.41) is 9.14. The van der Waals surface area contributed by atoms with Gasteiger partial charge in [0, 0.05) is 0 Å². The number of rotatable bonds is 4. The van der Waals surface area contributed by atoms with Crippen LogP contribution < -0.4 is 9.62 Å². The summed E-state index contributed by atoms with van der Waals surface area (Å²) in [6, 6.07) is 19.0. The van der Waals surface area contributed by atoms with Gasteiger partial charge < -0.3 is 0 Å². The number of nitriles is 1. The summed E-state index contributed by atoms with van der Waals surface area (Å²) in [6.45, 7) is 10.1. The van der Waals surface area contributed by atoms with Gasteiger partial charge in [0.15, 0.2) is 0 Å². The van der Waals surface area contributed by atoms with Crippen LogP contribution in [0, 0.1) is 11.3 Å².